The van der Waals surface area contributed by atoms with Gasteiger partial charge < -0.3 is 15.7 Å². The van der Waals surface area contributed by atoms with Crippen LogP contribution >= 0.6 is 43.6 Å². The fourth-order valence-electron chi connectivity index (χ4n) is 3.30. The molecule has 4 rings (SSSR count). The summed E-state index contributed by atoms with van der Waals surface area (Å²) in [5.74, 6) is -1.44. The molecule has 3 aromatic carbocycles. The molecule has 35 heavy (non-hydrogen) atoms. The molecule has 1 aliphatic rings. The summed E-state index contributed by atoms with van der Waals surface area (Å²) in [7, 11) is -3.65. The van der Waals surface area contributed by atoms with Crippen LogP contribution in [0, 0.1) is 0 Å². The summed E-state index contributed by atoms with van der Waals surface area (Å²) in [6.45, 7) is -0.196. The lowest BCUT2D eigenvalue weighted by molar-refractivity contribution is -0.134. The minimum atomic E-state index is -3.65. The van der Waals surface area contributed by atoms with Crippen molar-refractivity contribution in [1.82, 2.24) is 0 Å². The Morgan fingerprint density at radius 2 is 1.74 bits per heavy atom. The van der Waals surface area contributed by atoms with E-state index < -0.39 is 15.8 Å². The van der Waals surface area contributed by atoms with Gasteiger partial charge in [-0.05, 0) is 59.7 Å². The fraction of sp³-hybridized carbons (Fsp3) is 0.0833. The first-order valence-corrected chi connectivity index (χ1v) is 14.2. The van der Waals surface area contributed by atoms with Gasteiger partial charge in [0.1, 0.15) is 6.54 Å². The number of halogens is 2. The van der Waals surface area contributed by atoms with Crippen molar-refractivity contribution in [1.29, 1.82) is 0 Å². The third-order valence-corrected chi connectivity index (χ3v) is 9.26. The average molecular weight is 638 g/mol. The van der Waals surface area contributed by atoms with E-state index in [9.17, 15) is 18.0 Å². The van der Waals surface area contributed by atoms with Crippen molar-refractivity contribution in [2.24, 2.45) is 0 Å². The lowest BCUT2D eigenvalue weighted by Crippen LogP contribution is -2.17. The second kappa shape index (κ2) is 10.6. The third-order valence-electron chi connectivity index (χ3n) is 5.05. The van der Waals surface area contributed by atoms with Crippen LogP contribution in [0.3, 0.4) is 0 Å². The van der Waals surface area contributed by atoms with Crippen LogP contribution in [0.15, 0.2) is 84.3 Å². The van der Waals surface area contributed by atoms with Gasteiger partial charge in [0.05, 0.1) is 21.2 Å². The number of hydrogen-bond acceptors (Lipinski definition) is 6. The van der Waals surface area contributed by atoms with Crippen LogP contribution < -0.4 is 10.6 Å². The van der Waals surface area contributed by atoms with Gasteiger partial charge in [0.15, 0.2) is 9.84 Å². The zero-order valence-electron chi connectivity index (χ0n) is 17.9. The van der Waals surface area contributed by atoms with E-state index in [-0.39, 0.29) is 23.1 Å². The van der Waals surface area contributed by atoms with Gasteiger partial charge in [0, 0.05) is 19.5 Å². The summed E-state index contributed by atoms with van der Waals surface area (Å²) in [5.41, 5.74) is 2.57. The Morgan fingerprint density at radius 3 is 2.40 bits per heavy atom. The van der Waals surface area contributed by atoms with Gasteiger partial charge in [-0.25, -0.2) is 8.42 Å². The predicted molar refractivity (Wildman–Crippen MR) is 144 cm³/mol. The van der Waals surface area contributed by atoms with E-state index in [4.69, 9.17) is 5.11 Å². The monoisotopic (exact) mass is 636 g/mol. The van der Waals surface area contributed by atoms with Crippen molar-refractivity contribution >= 4 is 82.8 Å². The molecule has 0 bridgehead atoms. The minimum Gasteiger partial charge on any atom is -0.480 e. The summed E-state index contributed by atoms with van der Waals surface area (Å²) in [4.78, 5) is 24.5. The SMILES string of the molecule is O=C(O)CNc1ccc(C=C2Sc3cc(S(=O)(=O)Cc4c(Br)cccc4Br)ccc3NC2=O)cc1. The van der Waals surface area contributed by atoms with E-state index >= 15 is 0 Å². The van der Waals surface area contributed by atoms with Crippen LogP contribution in [0.25, 0.3) is 6.08 Å². The lowest BCUT2D eigenvalue weighted by atomic mass is 10.2. The number of rotatable bonds is 7. The molecular formula is C24H18Br2N2O5S2. The van der Waals surface area contributed by atoms with Crippen molar-refractivity contribution in [3.8, 4) is 0 Å². The number of carbonyl (C=O) groups is 2. The molecule has 11 heteroatoms. The Kier molecular flexibility index (Phi) is 7.70. The van der Waals surface area contributed by atoms with Crippen molar-refractivity contribution in [3.05, 3.63) is 85.6 Å². The molecule has 3 aromatic rings. The van der Waals surface area contributed by atoms with Crippen LogP contribution in [0.4, 0.5) is 11.4 Å². The van der Waals surface area contributed by atoms with Gasteiger partial charge in [-0.15, -0.1) is 0 Å². The first-order chi connectivity index (χ1) is 16.6. The summed E-state index contributed by atoms with van der Waals surface area (Å²) in [6.07, 6.45) is 1.70. The number of carboxylic acid groups (broad SMARTS) is 1. The average Bonchev–Trinajstić information content (AvgIpc) is 2.81. The van der Waals surface area contributed by atoms with Crippen LogP contribution in [-0.4, -0.2) is 31.9 Å². The first-order valence-electron chi connectivity index (χ1n) is 10.2. The van der Waals surface area contributed by atoms with E-state index in [1.165, 1.54) is 17.8 Å². The highest BCUT2D eigenvalue weighted by atomic mass is 79.9. The Balaban J connectivity index is 1.57. The Morgan fingerprint density at radius 1 is 1.06 bits per heavy atom. The van der Waals surface area contributed by atoms with E-state index in [1.807, 2.05) is 6.07 Å². The van der Waals surface area contributed by atoms with Crippen molar-refractivity contribution < 1.29 is 23.1 Å². The zero-order valence-corrected chi connectivity index (χ0v) is 22.7. The van der Waals surface area contributed by atoms with E-state index in [2.05, 4.69) is 42.5 Å². The van der Waals surface area contributed by atoms with Crippen molar-refractivity contribution in [3.63, 3.8) is 0 Å². The lowest BCUT2D eigenvalue weighted by Gasteiger charge is -2.19. The van der Waals surface area contributed by atoms with Gasteiger partial charge in [-0.2, -0.15) is 0 Å². The minimum absolute atomic E-state index is 0.163. The smallest absolute Gasteiger partial charge is 0.322 e. The number of thioether (sulfide) groups is 1. The van der Waals surface area contributed by atoms with E-state index in [0.29, 0.717) is 35.7 Å². The van der Waals surface area contributed by atoms with Gasteiger partial charge in [0.2, 0.25) is 0 Å². The number of benzene rings is 3. The molecule has 0 aliphatic carbocycles. The molecule has 0 fully saturated rings. The number of carboxylic acids is 1. The van der Waals surface area contributed by atoms with Crippen molar-refractivity contribution in [2.45, 2.75) is 15.5 Å². The van der Waals surface area contributed by atoms with E-state index in [0.717, 1.165) is 5.56 Å². The number of hydrogen-bond donors (Lipinski definition) is 3. The van der Waals surface area contributed by atoms with Crippen molar-refractivity contribution in [2.75, 3.05) is 17.2 Å². The highest BCUT2D eigenvalue weighted by Crippen LogP contribution is 2.41. The van der Waals surface area contributed by atoms with Crippen LogP contribution in [0.1, 0.15) is 11.1 Å². The molecule has 0 aromatic heterocycles. The normalized spacial score (nSPS) is 14.3. The molecule has 180 valence electrons. The highest BCUT2D eigenvalue weighted by Gasteiger charge is 2.25. The molecule has 1 amide bonds. The molecule has 1 heterocycles. The molecule has 0 spiro atoms. The maximum Gasteiger partial charge on any atom is 0.322 e. The second-order valence-corrected chi connectivity index (χ2v) is 12.3. The number of nitrogens with one attached hydrogen (secondary N) is 2. The summed E-state index contributed by atoms with van der Waals surface area (Å²) < 4.78 is 27.7. The Hall–Kier alpha value is -2.60. The number of sulfone groups is 1. The summed E-state index contributed by atoms with van der Waals surface area (Å²) >= 11 is 8.02. The molecular weight excluding hydrogens is 620 g/mol. The molecule has 0 radical (unpaired) electrons. The number of fused-ring (bicyclic) bond motifs is 1. The zero-order chi connectivity index (χ0) is 25.2. The molecule has 1 aliphatic heterocycles. The number of aliphatic carboxylic acids is 1. The van der Waals surface area contributed by atoms with Crippen LogP contribution in [0.2, 0.25) is 0 Å². The van der Waals surface area contributed by atoms with Gasteiger partial charge in [0.25, 0.3) is 5.91 Å². The van der Waals surface area contributed by atoms with Crippen LogP contribution in [-0.2, 0) is 25.2 Å². The topological polar surface area (TPSA) is 113 Å². The predicted octanol–water partition coefficient (Wildman–Crippen LogP) is 5.77. The molecule has 0 unspecified atom stereocenters. The van der Waals surface area contributed by atoms with Gasteiger partial charge in [-0.1, -0.05) is 61.8 Å². The summed E-state index contributed by atoms with van der Waals surface area (Å²) in [6, 6.07) is 17.0. The molecule has 0 atom stereocenters. The van der Waals surface area contributed by atoms with Gasteiger partial charge in [-0.3, -0.25) is 9.59 Å². The summed E-state index contributed by atoms with van der Waals surface area (Å²) in [5, 5.41) is 14.3. The van der Waals surface area contributed by atoms with Crippen LogP contribution in [0.5, 0.6) is 0 Å². The maximum atomic E-state index is 13.2. The standard InChI is InChI=1S/C24H18Br2N2O5S2/c25-18-2-1-3-19(26)17(18)13-35(32,33)16-8-9-20-21(11-16)34-22(24(31)28-20)10-14-4-6-15(7-5-14)27-12-23(29)30/h1-11,27H,12-13H2,(H,28,31)(H,29,30). The molecule has 0 saturated carbocycles. The second-order valence-electron chi connectivity index (χ2n) is 7.55. The molecule has 7 nitrogen and oxygen atoms in total. The molecule has 3 N–H and O–H groups in total. The number of amides is 1. The highest BCUT2D eigenvalue weighted by molar-refractivity contribution is 9.11. The largest absolute Gasteiger partial charge is 0.480 e. The van der Waals surface area contributed by atoms with E-state index in [1.54, 1.807) is 54.6 Å². The number of anilines is 2. The Bertz CT molecular complexity index is 1430. The number of carbonyl (C=O) groups excluding carboxylic acids is 1. The first kappa shape index (κ1) is 25.5. The fourth-order valence-corrected chi connectivity index (χ4v) is 7.44. The van der Waals surface area contributed by atoms with Gasteiger partial charge >= 0.3 is 5.97 Å². The third kappa shape index (κ3) is 6.16. The Labute approximate surface area is 223 Å². The quantitative estimate of drug-likeness (QED) is 0.282. The maximum absolute atomic E-state index is 13.2. The molecule has 0 saturated heterocycles.